The van der Waals surface area contributed by atoms with E-state index in [0.29, 0.717) is 0 Å². The summed E-state index contributed by atoms with van der Waals surface area (Å²) in [5.74, 6) is 0.955. The van der Waals surface area contributed by atoms with Crippen LogP contribution in [-0.4, -0.2) is 37.5 Å². The lowest BCUT2D eigenvalue weighted by Gasteiger charge is -2.32. The van der Waals surface area contributed by atoms with E-state index in [1.165, 1.54) is 28.7 Å². The quantitative estimate of drug-likeness (QED) is 0.789. The van der Waals surface area contributed by atoms with Gasteiger partial charge in [-0.25, -0.2) is 0 Å². The first-order chi connectivity index (χ1) is 12.3. The van der Waals surface area contributed by atoms with E-state index in [2.05, 4.69) is 41.7 Å². The fourth-order valence-electron chi connectivity index (χ4n) is 4.23. The van der Waals surface area contributed by atoms with E-state index < -0.39 is 0 Å². The highest BCUT2D eigenvalue weighted by atomic mass is 16.2. The molecule has 4 rings (SSSR count). The summed E-state index contributed by atoms with van der Waals surface area (Å²) >= 11 is 0. The van der Waals surface area contributed by atoms with Crippen molar-refractivity contribution < 1.29 is 4.79 Å². The Balaban J connectivity index is 1.45. The molecule has 0 saturated carbocycles. The summed E-state index contributed by atoms with van der Waals surface area (Å²) < 4.78 is 0. The summed E-state index contributed by atoms with van der Waals surface area (Å²) in [6.45, 7) is 2.86. The number of fused-ring (bicyclic) bond motifs is 3. The molecule has 0 atom stereocenters. The summed E-state index contributed by atoms with van der Waals surface area (Å²) in [6, 6.07) is 14.8. The Morgan fingerprint density at radius 2 is 1.84 bits per heavy atom. The molecule has 0 radical (unpaired) electrons. The number of piperidine rings is 1. The SMILES string of the molecule is CNCCC1CCN(C(=O)c2ccc3c(c2)Cc2ccccc2-3)CC1. The number of rotatable bonds is 4. The zero-order chi connectivity index (χ0) is 17.2. The number of nitrogens with one attached hydrogen (secondary N) is 1. The lowest BCUT2D eigenvalue weighted by molar-refractivity contribution is 0.0687. The predicted octanol–water partition coefficient (Wildman–Crippen LogP) is 3.72. The van der Waals surface area contributed by atoms with Crippen LogP contribution in [-0.2, 0) is 6.42 Å². The van der Waals surface area contributed by atoms with Crippen molar-refractivity contribution in [2.45, 2.75) is 25.7 Å². The molecular formula is C22H26N2O. The first-order valence-corrected chi connectivity index (χ1v) is 9.41. The van der Waals surface area contributed by atoms with Gasteiger partial charge >= 0.3 is 0 Å². The maximum absolute atomic E-state index is 12.9. The van der Waals surface area contributed by atoms with E-state index in [9.17, 15) is 4.79 Å². The second kappa shape index (κ2) is 7.01. The van der Waals surface area contributed by atoms with Gasteiger partial charge in [-0.2, -0.15) is 0 Å². The molecular weight excluding hydrogens is 308 g/mol. The number of nitrogens with zero attached hydrogens (tertiary/aromatic N) is 1. The van der Waals surface area contributed by atoms with Crippen molar-refractivity contribution in [2.24, 2.45) is 5.92 Å². The van der Waals surface area contributed by atoms with Crippen molar-refractivity contribution in [3.05, 3.63) is 59.2 Å². The fraction of sp³-hybridized carbons (Fsp3) is 0.409. The Morgan fingerprint density at radius 1 is 1.08 bits per heavy atom. The molecule has 1 heterocycles. The van der Waals surface area contributed by atoms with E-state index in [1.807, 2.05) is 18.0 Å². The average molecular weight is 334 g/mol. The summed E-state index contributed by atoms with van der Waals surface area (Å²) in [7, 11) is 2.00. The number of hydrogen-bond acceptors (Lipinski definition) is 2. The maximum atomic E-state index is 12.9. The van der Waals surface area contributed by atoms with Gasteiger partial charge < -0.3 is 10.2 Å². The van der Waals surface area contributed by atoms with Crippen LogP contribution in [0.2, 0.25) is 0 Å². The van der Waals surface area contributed by atoms with Crippen LogP contribution in [0.15, 0.2) is 42.5 Å². The average Bonchev–Trinajstić information content (AvgIpc) is 3.04. The molecule has 1 aliphatic heterocycles. The summed E-state index contributed by atoms with van der Waals surface area (Å²) in [5, 5.41) is 3.23. The maximum Gasteiger partial charge on any atom is 0.253 e. The van der Waals surface area contributed by atoms with Crippen LogP contribution in [0.1, 0.15) is 40.7 Å². The molecule has 1 saturated heterocycles. The topological polar surface area (TPSA) is 32.3 Å². The van der Waals surface area contributed by atoms with Gasteiger partial charge in [0.05, 0.1) is 0 Å². The summed E-state index contributed by atoms with van der Waals surface area (Å²) in [5.41, 5.74) is 6.11. The number of carbonyl (C=O) groups is 1. The van der Waals surface area contributed by atoms with Gasteiger partial charge in [-0.15, -0.1) is 0 Å². The molecule has 3 heteroatoms. The van der Waals surface area contributed by atoms with E-state index >= 15 is 0 Å². The summed E-state index contributed by atoms with van der Waals surface area (Å²) in [6.07, 6.45) is 4.42. The molecule has 0 aromatic heterocycles. The molecule has 3 nitrogen and oxygen atoms in total. The van der Waals surface area contributed by atoms with Gasteiger partial charge in [-0.1, -0.05) is 30.3 Å². The van der Waals surface area contributed by atoms with E-state index in [-0.39, 0.29) is 5.91 Å². The number of carbonyl (C=O) groups excluding carboxylic acids is 1. The highest BCUT2D eigenvalue weighted by Crippen LogP contribution is 2.37. The molecule has 2 aromatic carbocycles. The van der Waals surface area contributed by atoms with Gasteiger partial charge in [-0.3, -0.25) is 4.79 Å². The number of likely N-dealkylation sites (tertiary alicyclic amines) is 1. The second-order valence-electron chi connectivity index (χ2n) is 7.33. The minimum atomic E-state index is 0.200. The van der Waals surface area contributed by atoms with Crippen LogP contribution in [0.5, 0.6) is 0 Å². The van der Waals surface area contributed by atoms with Crippen molar-refractivity contribution in [2.75, 3.05) is 26.7 Å². The lowest BCUT2D eigenvalue weighted by atomic mass is 9.93. The van der Waals surface area contributed by atoms with Crippen molar-refractivity contribution in [1.29, 1.82) is 0 Å². The van der Waals surface area contributed by atoms with Crippen molar-refractivity contribution in [3.8, 4) is 11.1 Å². The normalized spacial score (nSPS) is 16.6. The first-order valence-electron chi connectivity index (χ1n) is 9.41. The Hall–Kier alpha value is -2.13. The number of hydrogen-bond donors (Lipinski definition) is 1. The van der Waals surface area contributed by atoms with Crippen LogP contribution in [0.25, 0.3) is 11.1 Å². The van der Waals surface area contributed by atoms with Gasteiger partial charge in [0.1, 0.15) is 0 Å². The highest BCUT2D eigenvalue weighted by Gasteiger charge is 2.25. The monoisotopic (exact) mass is 334 g/mol. The van der Waals surface area contributed by atoms with Gasteiger partial charge in [0.25, 0.3) is 5.91 Å². The molecule has 1 fully saturated rings. The zero-order valence-corrected chi connectivity index (χ0v) is 14.9. The molecule has 0 bridgehead atoms. The molecule has 1 aliphatic carbocycles. The minimum Gasteiger partial charge on any atom is -0.339 e. The molecule has 2 aromatic rings. The van der Waals surface area contributed by atoms with Crippen molar-refractivity contribution in [1.82, 2.24) is 10.2 Å². The van der Waals surface area contributed by atoms with E-state index in [4.69, 9.17) is 0 Å². The largest absolute Gasteiger partial charge is 0.339 e. The Labute approximate surface area is 150 Å². The predicted molar refractivity (Wildman–Crippen MR) is 102 cm³/mol. The van der Waals surface area contributed by atoms with Crippen LogP contribution in [0, 0.1) is 5.92 Å². The van der Waals surface area contributed by atoms with E-state index in [1.54, 1.807) is 0 Å². The third-order valence-corrected chi connectivity index (χ3v) is 5.74. The molecule has 2 aliphatic rings. The second-order valence-corrected chi connectivity index (χ2v) is 7.33. The Morgan fingerprint density at radius 3 is 2.64 bits per heavy atom. The van der Waals surface area contributed by atoms with Gasteiger partial charge in [-0.05, 0) is 79.6 Å². The minimum absolute atomic E-state index is 0.200. The molecule has 25 heavy (non-hydrogen) atoms. The smallest absolute Gasteiger partial charge is 0.253 e. The molecule has 0 spiro atoms. The lowest BCUT2D eigenvalue weighted by Crippen LogP contribution is -2.39. The van der Waals surface area contributed by atoms with Crippen LogP contribution >= 0.6 is 0 Å². The third kappa shape index (κ3) is 3.21. The summed E-state index contributed by atoms with van der Waals surface area (Å²) in [4.78, 5) is 14.9. The van der Waals surface area contributed by atoms with E-state index in [0.717, 1.165) is 50.4 Å². The first kappa shape index (κ1) is 16.3. The molecule has 1 N–H and O–H groups in total. The van der Waals surface area contributed by atoms with Gasteiger partial charge in [0.15, 0.2) is 0 Å². The fourth-order valence-corrected chi connectivity index (χ4v) is 4.23. The van der Waals surface area contributed by atoms with Crippen LogP contribution in [0.3, 0.4) is 0 Å². The third-order valence-electron chi connectivity index (χ3n) is 5.74. The number of amides is 1. The molecule has 130 valence electrons. The zero-order valence-electron chi connectivity index (χ0n) is 14.9. The molecule has 1 amide bonds. The van der Waals surface area contributed by atoms with Crippen LogP contribution < -0.4 is 5.32 Å². The Bertz CT molecular complexity index is 775. The molecule has 0 unspecified atom stereocenters. The van der Waals surface area contributed by atoms with Gasteiger partial charge in [0, 0.05) is 18.7 Å². The highest BCUT2D eigenvalue weighted by molar-refractivity contribution is 5.95. The van der Waals surface area contributed by atoms with Gasteiger partial charge in [0.2, 0.25) is 0 Å². The standard InChI is InChI=1S/C22H26N2O/c1-23-11-8-16-9-12-24(13-10-16)22(25)18-6-7-21-19(15-18)14-17-4-2-3-5-20(17)21/h2-7,15-16,23H,8-14H2,1H3. The number of benzene rings is 2. The Kier molecular flexibility index (Phi) is 4.58. The van der Waals surface area contributed by atoms with Crippen LogP contribution in [0.4, 0.5) is 0 Å². The van der Waals surface area contributed by atoms with Crippen molar-refractivity contribution in [3.63, 3.8) is 0 Å². The van der Waals surface area contributed by atoms with Crippen molar-refractivity contribution >= 4 is 5.91 Å².